The minimum Gasteiger partial charge on any atom is -0.350 e. The number of rotatable bonds is 4. The lowest BCUT2D eigenvalue weighted by molar-refractivity contribution is 0.0939. The van der Waals surface area contributed by atoms with E-state index in [1.165, 1.54) is 11.0 Å². The molecular formula is C12H15N5O. The summed E-state index contributed by atoms with van der Waals surface area (Å²) in [5, 5.41) is 13.8. The van der Waals surface area contributed by atoms with Crippen LogP contribution in [0, 0.1) is 0 Å². The second-order valence-electron chi connectivity index (χ2n) is 4.08. The van der Waals surface area contributed by atoms with Crippen LogP contribution in [0.25, 0.3) is 5.69 Å². The fourth-order valence-electron chi connectivity index (χ4n) is 1.45. The van der Waals surface area contributed by atoms with Crippen LogP contribution in [-0.4, -0.2) is 32.2 Å². The molecule has 1 N–H and O–H groups in total. The molecule has 0 radical (unpaired) electrons. The van der Waals surface area contributed by atoms with E-state index in [2.05, 4.69) is 20.8 Å². The molecule has 2 rings (SSSR count). The van der Waals surface area contributed by atoms with Gasteiger partial charge in [0, 0.05) is 11.6 Å². The van der Waals surface area contributed by atoms with Crippen molar-refractivity contribution < 1.29 is 4.79 Å². The van der Waals surface area contributed by atoms with E-state index < -0.39 is 0 Å². The average Bonchev–Trinajstić information content (AvgIpc) is 2.92. The van der Waals surface area contributed by atoms with Gasteiger partial charge in [0.25, 0.3) is 5.91 Å². The summed E-state index contributed by atoms with van der Waals surface area (Å²) in [5.74, 6) is -0.0624. The maximum atomic E-state index is 11.9. The van der Waals surface area contributed by atoms with Crippen LogP contribution in [0.4, 0.5) is 0 Å². The number of carbonyl (C=O) groups is 1. The number of carbonyl (C=O) groups excluding carboxylic acids is 1. The second kappa shape index (κ2) is 5.39. The van der Waals surface area contributed by atoms with Gasteiger partial charge in [0.2, 0.25) is 0 Å². The molecule has 0 saturated carbocycles. The Bertz CT molecular complexity index is 506. The highest BCUT2D eigenvalue weighted by Crippen LogP contribution is 2.08. The van der Waals surface area contributed by atoms with Crippen LogP contribution in [0.1, 0.15) is 30.6 Å². The summed E-state index contributed by atoms with van der Waals surface area (Å²) in [6.07, 6.45) is 2.42. The van der Waals surface area contributed by atoms with Crippen molar-refractivity contribution in [3.8, 4) is 5.69 Å². The first-order valence-corrected chi connectivity index (χ1v) is 5.85. The molecular weight excluding hydrogens is 230 g/mol. The third-order valence-electron chi connectivity index (χ3n) is 2.73. The minimum atomic E-state index is -0.0624. The Morgan fingerprint density at radius 3 is 2.67 bits per heavy atom. The van der Waals surface area contributed by atoms with E-state index in [0.717, 1.165) is 12.1 Å². The van der Waals surface area contributed by atoms with Crippen LogP contribution >= 0.6 is 0 Å². The molecule has 1 heterocycles. The average molecular weight is 245 g/mol. The van der Waals surface area contributed by atoms with Crippen molar-refractivity contribution in [2.75, 3.05) is 0 Å². The predicted molar refractivity (Wildman–Crippen MR) is 66.4 cm³/mol. The topological polar surface area (TPSA) is 72.7 Å². The van der Waals surface area contributed by atoms with Gasteiger partial charge in [0.1, 0.15) is 6.33 Å². The van der Waals surface area contributed by atoms with Gasteiger partial charge in [-0.1, -0.05) is 6.92 Å². The largest absolute Gasteiger partial charge is 0.350 e. The highest BCUT2D eigenvalue weighted by atomic mass is 16.1. The molecule has 2 aromatic rings. The molecule has 18 heavy (non-hydrogen) atoms. The van der Waals surface area contributed by atoms with E-state index in [-0.39, 0.29) is 11.9 Å². The van der Waals surface area contributed by atoms with E-state index in [9.17, 15) is 4.79 Å². The molecule has 1 aromatic heterocycles. The summed E-state index contributed by atoms with van der Waals surface area (Å²) in [6, 6.07) is 7.31. The number of nitrogens with one attached hydrogen (secondary N) is 1. The van der Waals surface area contributed by atoms with Gasteiger partial charge in [0.15, 0.2) is 0 Å². The van der Waals surface area contributed by atoms with Gasteiger partial charge in [-0.25, -0.2) is 4.68 Å². The van der Waals surface area contributed by atoms with Crippen LogP contribution in [-0.2, 0) is 0 Å². The van der Waals surface area contributed by atoms with E-state index in [1.807, 2.05) is 26.0 Å². The number of amides is 1. The Kier molecular flexibility index (Phi) is 3.66. The highest BCUT2D eigenvalue weighted by Gasteiger charge is 2.08. The molecule has 0 bridgehead atoms. The van der Waals surface area contributed by atoms with Crippen molar-refractivity contribution in [2.45, 2.75) is 26.3 Å². The number of aromatic nitrogens is 4. The first kappa shape index (κ1) is 12.2. The Labute approximate surface area is 105 Å². The van der Waals surface area contributed by atoms with Gasteiger partial charge < -0.3 is 5.32 Å². The van der Waals surface area contributed by atoms with Crippen LogP contribution in [0.2, 0.25) is 0 Å². The van der Waals surface area contributed by atoms with E-state index in [1.54, 1.807) is 12.1 Å². The zero-order valence-electron chi connectivity index (χ0n) is 10.4. The Hall–Kier alpha value is -2.24. The maximum Gasteiger partial charge on any atom is 0.251 e. The number of nitrogens with zero attached hydrogens (tertiary/aromatic N) is 4. The monoisotopic (exact) mass is 245 g/mol. The van der Waals surface area contributed by atoms with Crippen molar-refractivity contribution >= 4 is 5.91 Å². The molecule has 6 nitrogen and oxygen atoms in total. The minimum absolute atomic E-state index is 0.0624. The molecule has 0 fully saturated rings. The summed E-state index contributed by atoms with van der Waals surface area (Å²) in [5.41, 5.74) is 1.45. The fraction of sp³-hybridized carbons (Fsp3) is 0.333. The van der Waals surface area contributed by atoms with E-state index in [0.29, 0.717) is 5.56 Å². The van der Waals surface area contributed by atoms with Crippen molar-refractivity contribution in [1.82, 2.24) is 25.5 Å². The van der Waals surface area contributed by atoms with Gasteiger partial charge in [0.05, 0.1) is 5.69 Å². The molecule has 0 spiro atoms. The van der Waals surface area contributed by atoms with Crippen molar-refractivity contribution in [2.24, 2.45) is 0 Å². The van der Waals surface area contributed by atoms with Crippen LogP contribution in [0.15, 0.2) is 30.6 Å². The molecule has 0 aliphatic carbocycles. The van der Waals surface area contributed by atoms with E-state index >= 15 is 0 Å². The van der Waals surface area contributed by atoms with Gasteiger partial charge in [-0.3, -0.25) is 4.79 Å². The standard InChI is InChI=1S/C12H15N5O/c1-3-9(2)14-12(18)10-4-6-11(7-5-10)17-8-13-15-16-17/h4-9H,3H2,1-2H3,(H,14,18). The lowest BCUT2D eigenvalue weighted by atomic mass is 10.1. The number of hydrogen-bond acceptors (Lipinski definition) is 4. The quantitative estimate of drug-likeness (QED) is 0.878. The summed E-state index contributed by atoms with van der Waals surface area (Å²) in [6.45, 7) is 4.01. The summed E-state index contributed by atoms with van der Waals surface area (Å²) >= 11 is 0. The molecule has 1 amide bonds. The Morgan fingerprint density at radius 1 is 1.39 bits per heavy atom. The first-order chi connectivity index (χ1) is 8.70. The Morgan fingerprint density at radius 2 is 2.11 bits per heavy atom. The summed E-state index contributed by atoms with van der Waals surface area (Å²) in [7, 11) is 0. The van der Waals surface area contributed by atoms with Crippen molar-refractivity contribution in [1.29, 1.82) is 0 Å². The Balaban J connectivity index is 2.10. The SMILES string of the molecule is CCC(C)NC(=O)c1ccc(-n2cnnn2)cc1. The zero-order valence-corrected chi connectivity index (χ0v) is 10.4. The van der Waals surface area contributed by atoms with Crippen molar-refractivity contribution in [3.05, 3.63) is 36.2 Å². The number of benzene rings is 1. The highest BCUT2D eigenvalue weighted by molar-refractivity contribution is 5.94. The lowest BCUT2D eigenvalue weighted by Gasteiger charge is -2.11. The number of hydrogen-bond donors (Lipinski definition) is 1. The summed E-state index contributed by atoms with van der Waals surface area (Å²) in [4.78, 5) is 11.9. The molecule has 0 saturated heterocycles. The first-order valence-electron chi connectivity index (χ1n) is 5.85. The van der Waals surface area contributed by atoms with Crippen LogP contribution in [0.3, 0.4) is 0 Å². The second-order valence-corrected chi connectivity index (χ2v) is 4.08. The molecule has 1 unspecified atom stereocenters. The van der Waals surface area contributed by atoms with E-state index in [4.69, 9.17) is 0 Å². The smallest absolute Gasteiger partial charge is 0.251 e. The molecule has 1 aromatic carbocycles. The molecule has 0 aliphatic rings. The third kappa shape index (κ3) is 2.71. The summed E-state index contributed by atoms with van der Waals surface area (Å²) < 4.78 is 1.54. The fourth-order valence-corrected chi connectivity index (χ4v) is 1.45. The van der Waals surface area contributed by atoms with Crippen LogP contribution in [0.5, 0.6) is 0 Å². The maximum absolute atomic E-state index is 11.9. The molecule has 1 atom stereocenters. The molecule has 0 aliphatic heterocycles. The van der Waals surface area contributed by atoms with Gasteiger partial charge in [-0.2, -0.15) is 0 Å². The number of tetrazole rings is 1. The lowest BCUT2D eigenvalue weighted by Crippen LogP contribution is -2.31. The normalized spacial score (nSPS) is 12.1. The van der Waals surface area contributed by atoms with Gasteiger partial charge >= 0.3 is 0 Å². The predicted octanol–water partition coefficient (Wildman–Crippen LogP) is 1.19. The van der Waals surface area contributed by atoms with Gasteiger partial charge in [-0.15, -0.1) is 5.10 Å². The zero-order chi connectivity index (χ0) is 13.0. The third-order valence-corrected chi connectivity index (χ3v) is 2.73. The van der Waals surface area contributed by atoms with Gasteiger partial charge in [-0.05, 0) is 48.0 Å². The van der Waals surface area contributed by atoms with Crippen molar-refractivity contribution in [3.63, 3.8) is 0 Å². The van der Waals surface area contributed by atoms with Crippen LogP contribution < -0.4 is 5.32 Å². The molecule has 6 heteroatoms. The molecule has 94 valence electrons.